The highest BCUT2D eigenvalue weighted by molar-refractivity contribution is 7.73. The lowest BCUT2D eigenvalue weighted by Crippen LogP contribution is -2.31. The Kier molecular flexibility index (Phi) is 3.80. The zero-order chi connectivity index (χ0) is 16.0. The molecule has 9 heteroatoms. The average Bonchev–Trinajstić information content (AvgIpc) is 3.24. The van der Waals surface area contributed by atoms with Gasteiger partial charge in [0.15, 0.2) is 3.95 Å². The number of carbonyl (C=O) groups excluding carboxylic acids is 1. The molecule has 6 nitrogen and oxygen atoms in total. The van der Waals surface area contributed by atoms with Crippen LogP contribution in [0.1, 0.15) is 22.5 Å². The van der Waals surface area contributed by atoms with Crippen molar-refractivity contribution in [2.75, 3.05) is 13.2 Å². The maximum atomic E-state index is 12.5. The lowest BCUT2D eigenvalue weighted by atomic mass is 10.2. The maximum Gasteiger partial charge on any atom is 0.269 e. The van der Waals surface area contributed by atoms with E-state index >= 15 is 0 Å². The summed E-state index contributed by atoms with van der Waals surface area (Å²) >= 11 is 7.94. The predicted octanol–water partition coefficient (Wildman–Crippen LogP) is 2.54. The molecular formula is C14H13N3O3S3. The van der Waals surface area contributed by atoms with Gasteiger partial charge in [-0.25, -0.2) is 0 Å². The molecule has 120 valence electrons. The lowest BCUT2D eigenvalue weighted by Gasteiger charge is -2.09. The largest absolute Gasteiger partial charge is 0.376 e. The molecule has 0 spiro atoms. The highest BCUT2D eigenvalue weighted by Gasteiger charge is 2.21. The number of rotatable bonds is 3. The van der Waals surface area contributed by atoms with Gasteiger partial charge in [0.2, 0.25) is 0 Å². The van der Waals surface area contributed by atoms with E-state index in [1.54, 1.807) is 4.40 Å². The van der Waals surface area contributed by atoms with E-state index in [2.05, 4.69) is 10.3 Å². The third-order valence-corrected chi connectivity index (χ3v) is 6.13. The van der Waals surface area contributed by atoms with E-state index in [9.17, 15) is 9.59 Å². The first-order valence-corrected chi connectivity index (χ1v) is 9.30. The van der Waals surface area contributed by atoms with Crippen LogP contribution in [0.2, 0.25) is 0 Å². The van der Waals surface area contributed by atoms with Gasteiger partial charge in [-0.05, 0) is 36.5 Å². The van der Waals surface area contributed by atoms with Crippen LogP contribution in [0.4, 0.5) is 0 Å². The predicted molar refractivity (Wildman–Crippen MR) is 93.4 cm³/mol. The van der Waals surface area contributed by atoms with E-state index in [0.29, 0.717) is 25.7 Å². The summed E-state index contributed by atoms with van der Waals surface area (Å²) in [4.78, 5) is 27.9. The van der Waals surface area contributed by atoms with Gasteiger partial charge in [-0.15, -0.1) is 11.3 Å². The number of ether oxygens (including phenoxy) is 1. The van der Waals surface area contributed by atoms with Crippen molar-refractivity contribution in [2.24, 2.45) is 0 Å². The first-order valence-electron chi connectivity index (χ1n) is 7.20. The summed E-state index contributed by atoms with van der Waals surface area (Å²) < 4.78 is 8.42. The Morgan fingerprint density at radius 3 is 3.22 bits per heavy atom. The van der Waals surface area contributed by atoms with Gasteiger partial charge in [0.25, 0.3) is 11.5 Å². The molecule has 0 aromatic carbocycles. The SMILES string of the molecule is O=C(NC[C@H]1CCCO1)c1sc(=S)n2c1[nH]c(=O)c1sccc12. The number of aromatic amines is 1. The van der Waals surface area contributed by atoms with E-state index in [0.717, 1.165) is 25.0 Å². The summed E-state index contributed by atoms with van der Waals surface area (Å²) in [5.74, 6) is -0.232. The molecule has 1 atom stereocenters. The Labute approximate surface area is 143 Å². The van der Waals surface area contributed by atoms with Gasteiger partial charge in [0, 0.05) is 13.2 Å². The number of thiazole rings is 1. The van der Waals surface area contributed by atoms with Gasteiger partial charge in [-0.2, -0.15) is 0 Å². The van der Waals surface area contributed by atoms with Crippen molar-refractivity contribution in [3.8, 4) is 0 Å². The van der Waals surface area contributed by atoms with Crippen molar-refractivity contribution in [1.29, 1.82) is 0 Å². The summed E-state index contributed by atoms with van der Waals surface area (Å²) in [6, 6.07) is 1.85. The monoisotopic (exact) mass is 367 g/mol. The fraction of sp³-hybridized carbons (Fsp3) is 0.357. The van der Waals surface area contributed by atoms with Gasteiger partial charge < -0.3 is 15.0 Å². The van der Waals surface area contributed by atoms with Crippen LogP contribution in [-0.2, 0) is 4.74 Å². The molecule has 0 radical (unpaired) electrons. The number of H-pyrrole nitrogens is 1. The van der Waals surface area contributed by atoms with Crippen molar-refractivity contribution >= 4 is 56.7 Å². The first kappa shape index (κ1) is 15.0. The third kappa shape index (κ3) is 2.53. The maximum absolute atomic E-state index is 12.5. The molecule has 0 bridgehead atoms. The summed E-state index contributed by atoms with van der Waals surface area (Å²) in [6.07, 6.45) is 2.06. The molecule has 3 aromatic heterocycles. The zero-order valence-corrected chi connectivity index (χ0v) is 14.4. The normalized spacial score (nSPS) is 18.0. The fourth-order valence-corrected chi connectivity index (χ4v) is 4.83. The molecule has 1 saturated heterocycles. The van der Waals surface area contributed by atoms with Crippen LogP contribution in [0.3, 0.4) is 0 Å². The summed E-state index contributed by atoms with van der Waals surface area (Å²) in [5, 5.41) is 4.72. The number of nitrogens with one attached hydrogen (secondary N) is 2. The fourth-order valence-electron chi connectivity index (χ4n) is 2.76. The molecule has 4 heterocycles. The van der Waals surface area contributed by atoms with Crippen LogP contribution < -0.4 is 10.9 Å². The molecule has 1 fully saturated rings. The lowest BCUT2D eigenvalue weighted by molar-refractivity contribution is 0.0862. The van der Waals surface area contributed by atoms with E-state index in [4.69, 9.17) is 17.0 Å². The molecule has 0 aliphatic carbocycles. The molecular weight excluding hydrogens is 354 g/mol. The number of nitrogens with zero attached hydrogens (tertiary/aromatic N) is 1. The second-order valence-electron chi connectivity index (χ2n) is 5.32. The van der Waals surface area contributed by atoms with Crippen LogP contribution in [0, 0.1) is 3.95 Å². The Bertz CT molecular complexity index is 1010. The van der Waals surface area contributed by atoms with Crippen LogP contribution in [0.25, 0.3) is 15.9 Å². The van der Waals surface area contributed by atoms with E-state index in [1.807, 2.05) is 11.4 Å². The van der Waals surface area contributed by atoms with Crippen molar-refractivity contribution in [2.45, 2.75) is 18.9 Å². The third-order valence-electron chi connectivity index (χ3n) is 3.85. The number of fused-ring (bicyclic) bond motifs is 3. The minimum absolute atomic E-state index is 0.0726. The number of hydrogen-bond donors (Lipinski definition) is 2. The summed E-state index contributed by atoms with van der Waals surface area (Å²) in [7, 11) is 0. The second-order valence-corrected chi connectivity index (χ2v) is 7.88. The molecule has 4 rings (SSSR count). The highest BCUT2D eigenvalue weighted by atomic mass is 32.1. The summed E-state index contributed by atoms with van der Waals surface area (Å²) in [5.41, 5.74) is 1.00. The average molecular weight is 367 g/mol. The van der Waals surface area contributed by atoms with Crippen molar-refractivity contribution < 1.29 is 9.53 Å². The quantitative estimate of drug-likeness (QED) is 0.698. The minimum atomic E-state index is -0.232. The number of amides is 1. The molecule has 3 aromatic rings. The van der Waals surface area contributed by atoms with Crippen LogP contribution in [-0.4, -0.2) is 34.5 Å². The number of thiophene rings is 1. The molecule has 1 amide bonds. The Balaban J connectivity index is 1.75. The topological polar surface area (TPSA) is 75.6 Å². The van der Waals surface area contributed by atoms with E-state index < -0.39 is 0 Å². The molecule has 0 saturated carbocycles. The second kappa shape index (κ2) is 5.82. The van der Waals surface area contributed by atoms with Gasteiger partial charge in [0.05, 0.1) is 11.6 Å². The summed E-state index contributed by atoms with van der Waals surface area (Å²) in [6.45, 7) is 1.22. The van der Waals surface area contributed by atoms with Gasteiger partial charge in [-0.1, -0.05) is 11.3 Å². The van der Waals surface area contributed by atoms with Crippen molar-refractivity contribution in [1.82, 2.24) is 14.7 Å². The number of hydrogen-bond acceptors (Lipinski definition) is 6. The molecule has 2 N–H and O–H groups in total. The molecule has 0 unspecified atom stereocenters. The number of carbonyl (C=O) groups is 1. The Morgan fingerprint density at radius 2 is 2.43 bits per heavy atom. The Morgan fingerprint density at radius 1 is 1.57 bits per heavy atom. The van der Waals surface area contributed by atoms with Gasteiger partial charge in [0.1, 0.15) is 15.2 Å². The number of aromatic nitrogens is 2. The van der Waals surface area contributed by atoms with Crippen LogP contribution >= 0.6 is 34.9 Å². The molecule has 1 aliphatic heterocycles. The zero-order valence-electron chi connectivity index (χ0n) is 12.0. The minimum Gasteiger partial charge on any atom is -0.376 e. The molecule has 1 aliphatic rings. The first-order chi connectivity index (χ1) is 11.1. The van der Waals surface area contributed by atoms with Gasteiger partial charge >= 0.3 is 0 Å². The standard InChI is InChI=1S/C14H13N3O3S3/c18-12(15-6-7-2-1-4-20-7)10-11-16-13(19)9-8(3-5-22-9)17(11)14(21)23-10/h3,5,7H,1-2,4,6H2,(H,15,18)(H,16,19)/t7-/m1/s1. The van der Waals surface area contributed by atoms with Crippen LogP contribution in [0.5, 0.6) is 0 Å². The van der Waals surface area contributed by atoms with Gasteiger partial charge in [-0.3, -0.25) is 14.0 Å². The van der Waals surface area contributed by atoms with E-state index in [1.165, 1.54) is 22.7 Å². The van der Waals surface area contributed by atoms with Crippen molar-refractivity contribution in [3.05, 3.63) is 30.6 Å². The highest BCUT2D eigenvalue weighted by Crippen LogP contribution is 2.24. The van der Waals surface area contributed by atoms with Crippen molar-refractivity contribution in [3.63, 3.8) is 0 Å². The van der Waals surface area contributed by atoms with Crippen LogP contribution in [0.15, 0.2) is 16.2 Å². The Hall–Kier alpha value is -1.55. The van der Waals surface area contributed by atoms with E-state index in [-0.39, 0.29) is 17.6 Å². The molecule has 23 heavy (non-hydrogen) atoms. The smallest absolute Gasteiger partial charge is 0.269 e.